The van der Waals surface area contributed by atoms with Crippen LogP contribution in [0.25, 0.3) is 0 Å². The number of carbonyl (C=O) groups excluding carboxylic acids is 2. The van der Waals surface area contributed by atoms with Crippen LogP contribution < -0.4 is 10.6 Å². The average molecular weight is 425 g/mol. The summed E-state index contributed by atoms with van der Waals surface area (Å²) in [7, 11) is 1.32. The molecule has 164 valence electrons. The van der Waals surface area contributed by atoms with Gasteiger partial charge in [-0.15, -0.1) is 0 Å². The van der Waals surface area contributed by atoms with Gasteiger partial charge >= 0.3 is 5.97 Å². The molecule has 0 bridgehead atoms. The maximum atomic E-state index is 12.7. The van der Waals surface area contributed by atoms with Crippen molar-refractivity contribution < 1.29 is 19.1 Å². The third kappa shape index (κ3) is 6.91. The molecule has 31 heavy (non-hydrogen) atoms. The van der Waals surface area contributed by atoms with E-state index in [0.29, 0.717) is 23.6 Å². The summed E-state index contributed by atoms with van der Waals surface area (Å²) in [5.74, 6) is -0.390. The molecular formula is C23H28N4O4. The van der Waals surface area contributed by atoms with Crippen LogP contribution >= 0.6 is 0 Å². The number of nitrogens with one attached hydrogen (secondary N) is 2. The lowest BCUT2D eigenvalue weighted by atomic mass is 10.1. The average Bonchev–Trinajstić information content (AvgIpc) is 2.80. The van der Waals surface area contributed by atoms with Crippen molar-refractivity contribution in [3.05, 3.63) is 65.2 Å². The lowest BCUT2D eigenvalue weighted by molar-refractivity contribution is 0.0394. The fourth-order valence-electron chi connectivity index (χ4n) is 3.07. The number of amides is 1. The Morgan fingerprint density at radius 1 is 1.03 bits per heavy atom. The number of aryl methyl sites for hydroxylation is 1. The van der Waals surface area contributed by atoms with Crippen LogP contribution in [0, 0.1) is 6.92 Å². The zero-order chi connectivity index (χ0) is 22.1. The van der Waals surface area contributed by atoms with Crippen LogP contribution in [-0.2, 0) is 9.47 Å². The highest BCUT2D eigenvalue weighted by Gasteiger charge is 2.13. The van der Waals surface area contributed by atoms with Crippen LogP contribution in [0.2, 0.25) is 0 Å². The number of ether oxygens (including phenoxy) is 2. The maximum Gasteiger partial charge on any atom is 0.337 e. The Balaban J connectivity index is 1.68. The second-order valence-electron chi connectivity index (χ2n) is 7.20. The van der Waals surface area contributed by atoms with Gasteiger partial charge in [-0.3, -0.25) is 20.0 Å². The summed E-state index contributed by atoms with van der Waals surface area (Å²) in [6, 6.07) is 14.1. The molecule has 0 radical (unpaired) electrons. The van der Waals surface area contributed by atoms with Crippen LogP contribution in [-0.4, -0.2) is 69.2 Å². The monoisotopic (exact) mass is 424 g/mol. The predicted octanol–water partition coefficient (Wildman–Crippen LogP) is 2.31. The number of anilines is 1. The van der Waals surface area contributed by atoms with Gasteiger partial charge in [-0.2, -0.15) is 0 Å². The molecule has 0 aromatic heterocycles. The van der Waals surface area contributed by atoms with E-state index in [1.54, 1.807) is 24.3 Å². The first kappa shape index (κ1) is 22.5. The highest BCUT2D eigenvalue weighted by atomic mass is 16.5. The highest BCUT2D eigenvalue weighted by Crippen LogP contribution is 2.09. The first-order valence-corrected chi connectivity index (χ1v) is 10.2. The maximum absolute atomic E-state index is 12.7. The minimum Gasteiger partial charge on any atom is -0.465 e. The van der Waals surface area contributed by atoms with E-state index in [1.807, 2.05) is 31.2 Å². The Morgan fingerprint density at radius 2 is 1.68 bits per heavy atom. The third-order valence-corrected chi connectivity index (χ3v) is 4.90. The van der Waals surface area contributed by atoms with E-state index < -0.39 is 5.97 Å². The number of rotatable bonds is 6. The van der Waals surface area contributed by atoms with Crippen LogP contribution in [0.3, 0.4) is 0 Å². The summed E-state index contributed by atoms with van der Waals surface area (Å²) < 4.78 is 10.1. The molecule has 1 fully saturated rings. The van der Waals surface area contributed by atoms with Crippen molar-refractivity contribution in [3.8, 4) is 0 Å². The molecule has 1 aliphatic rings. The predicted molar refractivity (Wildman–Crippen MR) is 120 cm³/mol. The number of esters is 1. The number of carbonyl (C=O) groups is 2. The molecule has 3 rings (SSSR count). The molecule has 2 aromatic rings. The van der Waals surface area contributed by atoms with Gasteiger partial charge in [0, 0.05) is 30.9 Å². The molecule has 0 spiro atoms. The topological polar surface area (TPSA) is 92.3 Å². The Morgan fingerprint density at radius 3 is 2.32 bits per heavy atom. The Hall–Kier alpha value is -3.23. The second-order valence-corrected chi connectivity index (χ2v) is 7.20. The van der Waals surface area contributed by atoms with Crippen LogP contribution in [0.1, 0.15) is 26.3 Å². The summed E-state index contributed by atoms with van der Waals surface area (Å²) >= 11 is 0. The van der Waals surface area contributed by atoms with E-state index in [4.69, 9.17) is 4.74 Å². The Labute approximate surface area is 182 Å². The van der Waals surface area contributed by atoms with Gasteiger partial charge in [0.1, 0.15) is 0 Å². The van der Waals surface area contributed by atoms with Crippen molar-refractivity contribution in [3.63, 3.8) is 0 Å². The van der Waals surface area contributed by atoms with Crippen LogP contribution in [0.4, 0.5) is 5.69 Å². The molecule has 0 atom stereocenters. The summed E-state index contributed by atoms with van der Waals surface area (Å²) in [5, 5.41) is 6.02. The Bertz CT molecular complexity index is 904. The molecule has 1 saturated heterocycles. The molecule has 0 unspecified atom stereocenters. The van der Waals surface area contributed by atoms with Crippen LogP contribution in [0.15, 0.2) is 53.5 Å². The molecule has 1 heterocycles. The van der Waals surface area contributed by atoms with E-state index in [-0.39, 0.29) is 5.91 Å². The number of hydrogen-bond acceptors (Lipinski definition) is 6. The molecule has 0 saturated carbocycles. The molecule has 1 aliphatic heterocycles. The fourth-order valence-corrected chi connectivity index (χ4v) is 3.07. The van der Waals surface area contributed by atoms with E-state index in [9.17, 15) is 9.59 Å². The molecule has 8 heteroatoms. The second kappa shape index (κ2) is 11.2. The van der Waals surface area contributed by atoms with Gasteiger partial charge < -0.3 is 14.8 Å². The first-order chi connectivity index (χ1) is 15.0. The molecular weight excluding hydrogens is 396 g/mol. The number of morpholine rings is 1. The van der Waals surface area contributed by atoms with Gasteiger partial charge in [-0.1, -0.05) is 17.7 Å². The highest BCUT2D eigenvalue weighted by molar-refractivity contribution is 6.10. The van der Waals surface area contributed by atoms with Crippen LogP contribution in [0.5, 0.6) is 0 Å². The quantitative estimate of drug-likeness (QED) is 0.420. The minimum absolute atomic E-state index is 0.318. The van der Waals surface area contributed by atoms with Gasteiger partial charge in [-0.25, -0.2) is 4.79 Å². The van der Waals surface area contributed by atoms with Gasteiger partial charge in [0.15, 0.2) is 0 Å². The normalized spacial score (nSPS) is 14.7. The first-order valence-electron chi connectivity index (χ1n) is 10.2. The molecule has 8 nitrogen and oxygen atoms in total. The fraction of sp³-hybridized carbons (Fsp3) is 0.348. The number of aliphatic imine (C=N–C) groups is 1. The minimum atomic E-state index is -0.446. The van der Waals surface area contributed by atoms with E-state index in [2.05, 4.69) is 25.3 Å². The summed E-state index contributed by atoms with van der Waals surface area (Å²) in [4.78, 5) is 31.2. The number of hydrogen-bond donors (Lipinski definition) is 2. The summed E-state index contributed by atoms with van der Waals surface area (Å²) in [5.41, 5.74) is 2.78. The Kier molecular flexibility index (Phi) is 8.14. The molecule has 0 aliphatic carbocycles. The van der Waals surface area contributed by atoms with Crippen molar-refractivity contribution in [2.75, 3.05) is 51.8 Å². The number of benzene rings is 2. The van der Waals surface area contributed by atoms with Crippen molar-refractivity contribution >= 4 is 23.5 Å². The van der Waals surface area contributed by atoms with E-state index in [1.165, 1.54) is 7.11 Å². The van der Waals surface area contributed by atoms with Crippen molar-refractivity contribution in [1.29, 1.82) is 0 Å². The zero-order valence-electron chi connectivity index (χ0n) is 17.9. The van der Waals surface area contributed by atoms with Gasteiger partial charge in [-0.05, 0) is 43.3 Å². The van der Waals surface area contributed by atoms with Crippen molar-refractivity contribution in [1.82, 2.24) is 10.2 Å². The van der Waals surface area contributed by atoms with Crippen molar-refractivity contribution in [2.45, 2.75) is 6.92 Å². The number of nitrogens with zero attached hydrogens (tertiary/aromatic N) is 2. The lowest BCUT2D eigenvalue weighted by Crippen LogP contribution is -2.39. The van der Waals surface area contributed by atoms with E-state index in [0.717, 1.165) is 44.1 Å². The van der Waals surface area contributed by atoms with Gasteiger partial charge in [0.25, 0.3) is 5.91 Å². The summed E-state index contributed by atoms with van der Waals surface area (Å²) in [6.07, 6.45) is 0. The third-order valence-electron chi connectivity index (χ3n) is 4.90. The molecule has 2 aromatic carbocycles. The van der Waals surface area contributed by atoms with Gasteiger partial charge in [0.2, 0.25) is 5.96 Å². The van der Waals surface area contributed by atoms with Gasteiger partial charge in [0.05, 0.1) is 32.4 Å². The SMILES string of the molecule is COC(=O)c1ccc(C(=O)NC(=NCCN2CCOCC2)Nc2ccc(C)cc2)cc1. The zero-order valence-corrected chi connectivity index (χ0v) is 17.9. The molecule has 1 amide bonds. The largest absolute Gasteiger partial charge is 0.465 e. The number of methoxy groups -OCH3 is 1. The lowest BCUT2D eigenvalue weighted by Gasteiger charge is -2.25. The molecule has 2 N–H and O–H groups in total. The smallest absolute Gasteiger partial charge is 0.337 e. The van der Waals surface area contributed by atoms with Crippen molar-refractivity contribution in [2.24, 2.45) is 4.99 Å². The standard InChI is InChI=1S/C23H28N4O4/c1-17-3-9-20(10-4-17)25-23(24-11-12-27-13-15-31-16-14-27)26-21(28)18-5-7-19(8-6-18)22(29)30-2/h3-10H,11-16H2,1-2H3,(H2,24,25,26,28). The summed E-state index contributed by atoms with van der Waals surface area (Å²) in [6.45, 7) is 6.57. The van der Waals surface area contributed by atoms with E-state index >= 15 is 0 Å². The number of guanidine groups is 1.